The number of hydrogen-bond donors (Lipinski definition) is 1. The predicted molar refractivity (Wildman–Crippen MR) is 73.5 cm³/mol. The molecule has 1 N–H and O–H groups in total. The van der Waals surface area contributed by atoms with Crippen LogP contribution in [0.15, 0.2) is 24.3 Å². The fraction of sp³-hybridized carbons (Fsp3) is 0.500. The van der Waals surface area contributed by atoms with E-state index in [9.17, 15) is 4.79 Å². The quantitative estimate of drug-likeness (QED) is 0.851. The number of carbonyl (C=O) groups is 1. The molecule has 0 fully saturated rings. The molecule has 1 aliphatic carbocycles. The Morgan fingerprint density at radius 1 is 1.47 bits per heavy atom. The summed E-state index contributed by atoms with van der Waals surface area (Å²) in [6, 6.07) is 8.18. The molecule has 2 nitrogen and oxygen atoms in total. The zero-order chi connectivity index (χ0) is 12.5. The Bertz CT molecular complexity index is 428. The Labute approximate surface area is 111 Å². The van der Waals surface area contributed by atoms with Crippen molar-refractivity contribution < 1.29 is 4.79 Å². The molecule has 1 aliphatic rings. The molecular weight excluding hydrogens is 278 g/mol. The second-order valence-corrected chi connectivity index (χ2v) is 6.03. The summed E-state index contributed by atoms with van der Waals surface area (Å²) in [6.07, 6.45) is 0.886. The molecule has 1 aromatic carbocycles. The molecule has 1 aromatic rings. The van der Waals surface area contributed by atoms with Crippen LogP contribution in [0.5, 0.6) is 0 Å². The average Bonchev–Trinajstić information content (AvgIpc) is 2.28. The molecule has 0 radical (unpaired) electrons. The molecule has 0 bridgehead atoms. The van der Waals surface area contributed by atoms with Crippen molar-refractivity contribution in [1.82, 2.24) is 5.32 Å². The summed E-state index contributed by atoms with van der Waals surface area (Å²) in [6.45, 7) is 4.99. The number of benzene rings is 1. The van der Waals surface area contributed by atoms with Crippen molar-refractivity contribution in [3.8, 4) is 0 Å². The second-order valence-electron chi connectivity index (χ2n) is 5.47. The first-order valence-electron chi connectivity index (χ1n) is 5.95. The Hall–Kier alpha value is -0.830. The minimum atomic E-state index is 0.0670. The molecule has 0 heterocycles. The molecule has 0 saturated heterocycles. The fourth-order valence-corrected chi connectivity index (χ4v) is 2.19. The third kappa shape index (κ3) is 2.71. The lowest BCUT2D eigenvalue weighted by Gasteiger charge is -2.30. The van der Waals surface area contributed by atoms with Crippen LogP contribution in [0.1, 0.15) is 30.9 Å². The van der Waals surface area contributed by atoms with Crippen LogP contribution in [0.25, 0.3) is 0 Å². The maximum atomic E-state index is 12.0. The van der Waals surface area contributed by atoms with Crippen LogP contribution < -0.4 is 5.32 Å². The van der Waals surface area contributed by atoms with Crippen LogP contribution in [0.3, 0.4) is 0 Å². The van der Waals surface area contributed by atoms with Gasteiger partial charge in [-0.25, -0.2) is 0 Å². The van der Waals surface area contributed by atoms with Crippen molar-refractivity contribution in [3.05, 3.63) is 35.4 Å². The van der Waals surface area contributed by atoms with Crippen LogP contribution in [0.4, 0.5) is 0 Å². The number of amides is 1. The zero-order valence-corrected chi connectivity index (χ0v) is 11.9. The van der Waals surface area contributed by atoms with Gasteiger partial charge in [0.05, 0.1) is 5.92 Å². The van der Waals surface area contributed by atoms with Gasteiger partial charge in [0.15, 0.2) is 0 Å². The van der Waals surface area contributed by atoms with Crippen molar-refractivity contribution in [1.29, 1.82) is 0 Å². The van der Waals surface area contributed by atoms with Crippen LogP contribution in [0.2, 0.25) is 0 Å². The second kappa shape index (κ2) is 4.81. The van der Waals surface area contributed by atoms with Gasteiger partial charge < -0.3 is 5.32 Å². The van der Waals surface area contributed by atoms with Gasteiger partial charge >= 0.3 is 0 Å². The summed E-state index contributed by atoms with van der Waals surface area (Å²) in [4.78, 5) is 12.0. The third-order valence-corrected chi connectivity index (χ3v) is 4.79. The van der Waals surface area contributed by atoms with Gasteiger partial charge in [-0.05, 0) is 23.0 Å². The SMILES string of the molecule is CC(C)(CBr)CNC(=O)C1Cc2ccccc21. The summed E-state index contributed by atoms with van der Waals surface area (Å²) in [7, 11) is 0. The Kier molecular flexibility index (Phi) is 3.57. The van der Waals surface area contributed by atoms with E-state index in [4.69, 9.17) is 0 Å². The maximum absolute atomic E-state index is 12.0. The summed E-state index contributed by atoms with van der Waals surface area (Å²) in [5, 5.41) is 3.94. The molecule has 2 rings (SSSR count). The van der Waals surface area contributed by atoms with Crippen molar-refractivity contribution in [3.63, 3.8) is 0 Å². The lowest BCUT2D eigenvalue weighted by molar-refractivity contribution is -0.123. The van der Waals surface area contributed by atoms with Crippen molar-refractivity contribution >= 4 is 21.8 Å². The van der Waals surface area contributed by atoms with E-state index in [2.05, 4.69) is 47.2 Å². The molecule has 3 heteroatoms. The number of halogens is 1. The molecule has 17 heavy (non-hydrogen) atoms. The van der Waals surface area contributed by atoms with Gasteiger partial charge in [-0.15, -0.1) is 0 Å². The maximum Gasteiger partial charge on any atom is 0.227 e. The van der Waals surface area contributed by atoms with Crippen LogP contribution in [-0.2, 0) is 11.2 Å². The van der Waals surface area contributed by atoms with E-state index >= 15 is 0 Å². The summed E-state index contributed by atoms with van der Waals surface area (Å²) >= 11 is 3.46. The first kappa shape index (κ1) is 12.6. The van der Waals surface area contributed by atoms with Gasteiger partial charge in [-0.3, -0.25) is 4.79 Å². The molecule has 0 aromatic heterocycles. The van der Waals surface area contributed by atoms with Crippen molar-refractivity contribution in [2.24, 2.45) is 5.41 Å². The van der Waals surface area contributed by atoms with Gasteiger partial charge in [0.2, 0.25) is 5.91 Å². The lowest BCUT2D eigenvalue weighted by Crippen LogP contribution is -2.40. The lowest BCUT2D eigenvalue weighted by atomic mass is 9.77. The highest BCUT2D eigenvalue weighted by Crippen LogP contribution is 2.34. The normalized spacial score (nSPS) is 18.2. The number of alkyl halides is 1. The highest BCUT2D eigenvalue weighted by molar-refractivity contribution is 9.09. The first-order chi connectivity index (χ1) is 8.03. The van der Waals surface area contributed by atoms with Gasteiger partial charge in [0.1, 0.15) is 0 Å². The minimum Gasteiger partial charge on any atom is -0.355 e. The Morgan fingerprint density at radius 2 is 2.18 bits per heavy atom. The number of fused-ring (bicyclic) bond motifs is 1. The third-order valence-electron chi connectivity index (χ3n) is 3.27. The minimum absolute atomic E-state index is 0.0670. The van der Waals surface area contributed by atoms with E-state index in [0.29, 0.717) is 0 Å². The molecule has 92 valence electrons. The largest absolute Gasteiger partial charge is 0.355 e. The van der Waals surface area contributed by atoms with Crippen LogP contribution in [-0.4, -0.2) is 17.8 Å². The Morgan fingerprint density at radius 3 is 2.82 bits per heavy atom. The van der Waals surface area contributed by atoms with E-state index in [1.165, 1.54) is 11.1 Å². The standard InChI is InChI=1S/C14H18BrNO/c1-14(2,8-15)9-16-13(17)12-7-10-5-3-4-6-11(10)12/h3-6,12H,7-9H2,1-2H3,(H,16,17). The molecule has 0 aliphatic heterocycles. The van der Waals surface area contributed by atoms with E-state index in [-0.39, 0.29) is 17.2 Å². The molecule has 1 unspecified atom stereocenters. The van der Waals surface area contributed by atoms with E-state index in [1.807, 2.05) is 12.1 Å². The fourth-order valence-electron chi connectivity index (χ4n) is 1.99. The number of hydrogen-bond acceptors (Lipinski definition) is 1. The highest BCUT2D eigenvalue weighted by atomic mass is 79.9. The topological polar surface area (TPSA) is 29.1 Å². The molecule has 1 atom stereocenters. The van der Waals surface area contributed by atoms with Gasteiger partial charge in [-0.1, -0.05) is 54.0 Å². The van der Waals surface area contributed by atoms with Gasteiger partial charge in [0.25, 0.3) is 0 Å². The molecular formula is C14H18BrNO. The first-order valence-corrected chi connectivity index (χ1v) is 7.07. The van der Waals surface area contributed by atoms with Crippen molar-refractivity contribution in [2.45, 2.75) is 26.2 Å². The smallest absolute Gasteiger partial charge is 0.227 e. The number of nitrogens with one attached hydrogen (secondary N) is 1. The van der Waals surface area contributed by atoms with E-state index in [0.717, 1.165) is 18.3 Å². The molecule has 0 saturated carbocycles. The van der Waals surface area contributed by atoms with E-state index in [1.54, 1.807) is 0 Å². The summed E-state index contributed by atoms with van der Waals surface area (Å²) in [5.74, 6) is 0.232. The van der Waals surface area contributed by atoms with Gasteiger partial charge in [0, 0.05) is 11.9 Å². The van der Waals surface area contributed by atoms with E-state index < -0.39 is 0 Å². The predicted octanol–water partition coefficient (Wildman–Crippen LogP) is 2.86. The van der Waals surface area contributed by atoms with Gasteiger partial charge in [-0.2, -0.15) is 0 Å². The molecule has 1 amide bonds. The van der Waals surface area contributed by atoms with Crippen molar-refractivity contribution in [2.75, 3.05) is 11.9 Å². The zero-order valence-electron chi connectivity index (χ0n) is 10.3. The molecule has 0 spiro atoms. The summed E-state index contributed by atoms with van der Waals surface area (Å²) in [5.41, 5.74) is 2.62. The number of rotatable bonds is 4. The summed E-state index contributed by atoms with van der Waals surface area (Å²) < 4.78 is 0. The monoisotopic (exact) mass is 295 g/mol. The number of carbonyl (C=O) groups excluding carboxylic acids is 1. The van der Waals surface area contributed by atoms with Crippen LogP contribution >= 0.6 is 15.9 Å². The average molecular weight is 296 g/mol. The van der Waals surface area contributed by atoms with Crippen LogP contribution in [0, 0.1) is 5.41 Å². The Balaban J connectivity index is 1.92. The highest BCUT2D eigenvalue weighted by Gasteiger charge is 2.32.